The van der Waals surface area contributed by atoms with Gasteiger partial charge in [0.15, 0.2) is 0 Å². The van der Waals surface area contributed by atoms with Gasteiger partial charge in [0, 0.05) is 12.6 Å². The molecule has 0 saturated carbocycles. The van der Waals surface area contributed by atoms with Crippen molar-refractivity contribution in [3.63, 3.8) is 0 Å². The topological polar surface area (TPSA) is 86.8 Å². The van der Waals surface area contributed by atoms with Gasteiger partial charge >= 0.3 is 0 Å². The van der Waals surface area contributed by atoms with Crippen LogP contribution < -0.4 is 9.62 Å². The van der Waals surface area contributed by atoms with Crippen molar-refractivity contribution in [2.45, 2.75) is 66.1 Å². The number of benzene rings is 2. The van der Waals surface area contributed by atoms with Crippen LogP contribution in [0.15, 0.2) is 42.5 Å². The maximum absolute atomic E-state index is 13.7. The molecule has 35 heavy (non-hydrogen) atoms. The van der Waals surface area contributed by atoms with Gasteiger partial charge in [0.2, 0.25) is 21.8 Å². The highest BCUT2D eigenvalue weighted by Gasteiger charge is 2.32. The predicted octanol–water partition coefficient (Wildman–Crippen LogP) is 3.93. The van der Waals surface area contributed by atoms with E-state index < -0.39 is 34.3 Å². The fourth-order valence-electron chi connectivity index (χ4n) is 3.92. The van der Waals surface area contributed by atoms with Crippen molar-refractivity contribution in [2.75, 3.05) is 17.1 Å². The highest BCUT2D eigenvalue weighted by Crippen LogP contribution is 2.27. The van der Waals surface area contributed by atoms with Crippen LogP contribution >= 0.6 is 0 Å². The Bertz CT molecular complexity index is 1120. The fourth-order valence-corrected chi connectivity index (χ4v) is 4.89. The van der Waals surface area contributed by atoms with Crippen LogP contribution in [0.3, 0.4) is 0 Å². The molecule has 2 rings (SSSR count). The van der Waals surface area contributed by atoms with E-state index in [1.807, 2.05) is 19.9 Å². The Hall–Kier alpha value is -2.94. The molecule has 0 bridgehead atoms. The zero-order valence-electron chi connectivity index (χ0n) is 21.3. The van der Waals surface area contributed by atoms with E-state index in [0.717, 1.165) is 28.1 Å². The van der Waals surface area contributed by atoms with E-state index in [-0.39, 0.29) is 18.5 Å². The molecule has 2 aromatic carbocycles. The molecule has 0 aromatic heterocycles. The van der Waals surface area contributed by atoms with Crippen LogP contribution in [-0.4, -0.2) is 50.0 Å². The number of nitrogens with one attached hydrogen (secondary N) is 1. The molecule has 2 aromatic rings. The molecule has 9 heteroatoms. The van der Waals surface area contributed by atoms with Gasteiger partial charge in [-0.15, -0.1) is 0 Å². The monoisotopic (exact) mass is 505 g/mol. The number of aryl methyl sites for hydroxylation is 2. The lowest BCUT2D eigenvalue weighted by Crippen LogP contribution is -2.53. The number of carbonyl (C=O) groups excluding carboxylic acids is 2. The summed E-state index contributed by atoms with van der Waals surface area (Å²) in [7, 11) is -3.81. The molecular weight excluding hydrogens is 469 g/mol. The van der Waals surface area contributed by atoms with Gasteiger partial charge in [-0.3, -0.25) is 13.9 Å². The number of sulfonamides is 1. The molecule has 0 heterocycles. The highest BCUT2D eigenvalue weighted by atomic mass is 32.2. The number of carbonyl (C=O) groups is 2. The summed E-state index contributed by atoms with van der Waals surface area (Å²) in [6.07, 6.45) is 2.11. The fraction of sp³-hybridized carbons (Fsp3) is 0.462. The van der Waals surface area contributed by atoms with E-state index in [2.05, 4.69) is 5.32 Å². The summed E-state index contributed by atoms with van der Waals surface area (Å²) in [5, 5.41) is 2.92. The smallest absolute Gasteiger partial charge is 0.244 e. The summed E-state index contributed by atoms with van der Waals surface area (Å²) in [5.74, 6) is -1.24. The zero-order chi connectivity index (χ0) is 26.3. The molecule has 1 N–H and O–H groups in total. The number of amides is 2. The third kappa shape index (κ3) is 7.52. The number of hydrogen-bond donors (Lipinski definition) is 1. The summed E-state index contributed by atoms with van der Waals surface area (Å²) in [6, 6.07) is 10.2. The summed E-state index contributed by atoms with van der Waals surface area (Å²) < 4.78 is 40.1. The second kappa shape index (κ2) is 12.2. The molecule has 0 spiro atoms. The summed E-state index contributed by atoms with van der Waals surface area (Å²) in [5.41, 5.74) is 2.51. The molecule has 2 amide bonds. The number of hydrogen-bond acceptors (Lipinski definition) is 4. The summed E-state index contributed by atoms with van der Waals surface area (Å²) in [6.45, 7) is 8.77. The number of halogens is 1. The van der Waals surface area contributed by atoms with E-state index >= 15 is 0 Å². The van der Waals surface area contributed by atoms with E-state index in [0.29, 0.717) is 17.7 Å². The molecule has 0 radical (unpaired) electrons. The Labute approximate surface area is 208 Å². The molecule has 2 atom stereocenters. The van der Waals surface area contributed by atoms with Crippen molar-refractivity contribution >= 4 is 27.5 Å². The van der Waals surface area contributed by atoms with Gasteiger partial charge in [0.25, 0.3) is 0 Å². The molecule has 0 saturated heterocycles. The van der Waals surface area contributed by atoms with Crippen LogP contribution in [-0.2, 0) is 26.2 Å². The molecular formula is C26H36FN3O4S. The lowest BCUT2D eigenvalue weighted by atomic mass is 10.1. The maximum Gasteiger partial charge on any atom is 0.244 e. The Morgan fingerprint density at radius 1 is 1.00 bits per heavy atom. The van der Waals surface area contributed by atoms with Crippen LogP contribution in [0.4, 0.5) is 10.1 Å². The van der Waals surface area contributed by atoms with E-state index in [4.69, 9.17) is 0 Å². The van der Waals surface area contributed by atoms with Crippen molar-refractivity contribution in [1.29, 1.82) is 0 Å². The van der Waals surface area contributed by atoms with Crippen molar-refractivity contribution in [2.24, 2.45) is 0 Å². The number of anilines is 1. The Morgan fingerprint density at radius 2 is 1.57 bits per heavy atom. The summed E-state index contributed by atoms with van der Waals surface area (Å²) in [4.78, 5) is 28.2. The lowest BCUT2D eigenvalue weighted by Gasteiger charge is -2.34. The van der Waals surface area contributed by atoms with Gasteiger partial charge in [-0.1, -0.05) is 44.2 Å². The Morgan fingerprint density at radius 3 is 2.06 bits per heavy atom. The molecule has 0 aliphatic heterocycles. The molecule has 0 fully saturated rings. The number of rotatable bonds is 11. The maximum atomic E-state index is 13.7. The minimum Gasteiger partial charge on any atom is -0.352 e. The van der Waals surface area contributed by atoms with Gasteiger partial charge in [-0.05, 0) is 62.4 Å². The van der Waals surface area contributed by atoms with Crippen LogP contribution in [0.1, 0.15) is 50.3 Å². The lowest BCUT2D eigenvalue weighted by molar-refractivity contribution is -0.140. The van der Waals surface area contributed by atoms with Crippen molar-refractivity contribution < 1.29 is 22.4 Å². The quantitative estimate of drug-likeness (QED) is 0.501. The Balaban J connectivity index is 2.49. The van der Waals surface area contributed by atoms with Crippen LogP contribution in [0, 0.1) is 19.7 Å². The first kappa shape index (κ1) is 28.3. The second-order valence-corrected chi connectivity index (χ2v) is 10.8. The van der Waals surface area contributed by atoms with E-state index in [1.165, 1.54) is 17.0 Å². The predicted molar refractivity (Wildman–Crippen MR) is 137 cm³/mol. The van der Waals surface area contributed by atoms with Crippen molar-refractivity contribution in [3.8, 4) is 0 Å². The molecule has 0 aliphatic carbocycles. The van der Waals surface area contributed by atoms with Gasteiger partial charge in [0.1, 0.15) is 18.4 Å². The minimum atomic E-state index is -3.81. The zero-order valence-corrected chi connectivity index (χ0v) is 22.2. The Kier molecular flexibility index (Phi) is 9.82. The first-order valence-corrected chi connectivity index (χ1v) is 13.6. The largest absolute Gasteiger partial charge is 0.352 e. The third-order valence-electron chi connectivity index (χ3n) is 6.02. The normalized spacial score (nSPS) is 13.1. The van der Waals surface area contributed by atoms with Crippen LogP contribution in [0.2, 0.25) is 0 Å². The average molecular weight is 506 g/mol. The van der Waals surface area contributed by atoms with E-state index in [1.54, 1.807) is 45.0 Å². The first-order valence-electron chi connectivity index (χ1n) is 11.8. The molecule has 7 nitrogen and oxygen atoms in total. The number of nitrogens with zero attached hydrogens (tertiary/aromatic N) is 2. The third-order valence-corrected chi connectivity index (χ3v) is 7.13. The SMILES string of the molecule is CC[C@H](C)NC(=O)[C@H](CC)N(Cc1ccc(F)cc1)C(=O)CN(c1c(C)cccc1C)S(C)(=O)=O. The number of para-hydroxylation sites is 1. The molecule has 0 aliphatic rings. The second-order valence-electron chi connectivity index (χ2n) is 8.90. The van der Waals surface area contributed by atoms with Gasteiger partial charge in [-0.2, -0.15) is 0 Å². The van der Waals surface area contributed by atoms with Gasteiger partial charge < -0.3 is 10.2 Å². The minimum absolute atomic E-state index is 0.0376. The van der Waals surface area contributed by atoms with Crippen molar-refractivity contribution in [1.82, 2.24) is 10.2 Å². The molecule has 192 valence electrons. The average Bonchev–Trinajstić information content (AvgIpc) is 2.78. The van der Waals surface area contributed by atoms with Crippen molar-refractivity contribution in [3.05, 3.63) is 65.0 Å². The van der Waals surface area contributed by atoms with Crippen LogP contribution in [0.25, 0.3) is 0 Å². The molecule has 0 unspecified atom stereocenters. The summed E-state index contributed by atoms with van der Waals surface area (Å²) >= 11 is 0. The van der Waals surface area contributed by atoms with Crippen LogP contribution in [0.5, 0.6) is 0 Å². The highest BCUT2D eigenvalue weighted by molar-refractivity contribution is 7.92. The first-order chi connectivity index (χ1) is 16.4. The van der Waals surface area contributed by atoms with Gasteiger partial charge in [-0.25, -0.2) is 12.8 Å². The van der Waals surface area contributed by atoms with E-state index in [9.17, 15) is 22.4 Å². The van der Waals surface area contributed by atoms with Gasteiger partial charge in [0.05, 0.1) is 11.9 Å². The standard InChI is InChI=1S/C26H36FN3O4S/c1-7-20(5)28-26(32)23(8-2)29(16-21-12-14-22(27)15-13-21)24(31)17-30(35(6,33)34)25-18(3)10-9-11-19(25)4/h9-15,20,23H,7-8,16-17H2,1-6H3,(H,28,32)/t20-,23-/m0/s1.